The molecule has 1 heterocycles. The van der Waals surface area contributed by atoms with Crippen molar-refractivity contribution in [3.05, 3.63) is 56.7 Å². The van der Waals surface area contributed by atoms with E-state index in [4.69, 9.17) is 0 Å². The average molecular weight is 429 g/mol. The number of carbonyl (C=O) groups excluding carboxylic acids is 1. The maximum absolute atomic E-state index is 12.8. The normalized spacial score (nSPS) is 19.7. The molecule has 1 aliphatic carbocycles. The molecule has 0 atom stereocenters. The van der Waals surface area contributed by atoms with Crippen molar-refractivity contribution < 1.29 is 4.79 Å². The van der Waals surface area contributed by atoms with Gasteiger partial charge in [-0.3, -0.25) is 9.59 Å². The summed E-state index contributed by atoms with van der Waals surface area (Å²) < 4.78 is 0. The standard InChI is InChI=1S/C25H40N4O2/c1-9-29(22-12-10-21(11-13-22)28(7)8)20(6)18(4)19(5)24(30)26-15-23-16(2)14-17(3)27-25(23)31/h14,21-22H,6,9-13,15H2,1-5,7-8H3,(H,26,30)(H,27,31)/b19-18+. The third-order valence-electron chi connectivity index (χ3n) is 6.78. The number of likely N-dealkylation sites (N-methyl/N-ethyl adjacent to an activating group) is 1. The SMILES string of the molecule is C=C(/C(C)=C(\C)C(=O)NCc1c(C)cc(C)[nH]c1=O)N(CC)C1CCC(N(C)C)CC1. The first-order valence-corrected chi connectivity index (χ1v) is 11.3. The van der Waals surface area contributed by atoms with Crippen LogP contribution in [0.4, 0.5) is 0 Å². The maximum atomic E-state index is 12.8. The number of aryl methyl sites for hydroxylation is 2. The molecule has 0 aromatic carbocycles. The van der Waals surface area contributed by atoms with Crippen LogP contribution in [0.15, 0.2) is 34.3 Å². The maximum Gasteiger partial charge on any atom is 0.253 e. The molecule has 0 bridgehead atoms. The number of carbonyl (C=O) groups is 1. The van der Waals surface area contributed by atoms with Crippen LogP contribution >= 0.6 is 0 Å². The number of hydrogen-bond acceptors (Lipinski definition) is 4. The second-order valence-corrected chi connectivity index (χ2v) is 9.03. The molecule has 172 valence electrons. The topological polar surface area (TPSA) is 68.4 Å². The number of hydrogen-bond donors (Lipinski definition) is 2. The van der Waals surface area contributed by atoms with Crippen molar-refractivity contribution in [2.24, 2.45) is 0 Å². The third kappa shape index (κ3) is 6.10. The lowest BCUT2D eigenvalue weighted by atomic mass is 9.89. The fourth-order valence-electron chi connectivity index (χ4n) is 4.56. The van der Waals surface area contributed by atoms with Gasteiger partial charge in [0, 0.05) is 47.7 Å². The summed E-state index contributed by atoms with van der Waals surface area (Å²) in [6, 6.07) is 3.04. The molecular formula is C25H40N4O2. The van der Waals surface area contributed by atoms with Crippen LogP contribution in [0.5, 0.6) is 0 Å². The Morgan fingerprint density at radius 3 is 2.23 bits per heavy atom. The van der Waals surface area contributed by atoms with Crippen molar-refractivity contribution in [2.75, 3.05) is 20.6 Å². The molecule has 1 aromatic rings. The summed E-state index contributed by atoms with van der Waals surface area (Å²) >= 11 is 0. The minimum atomic E-state index is -0.162. The first-order chi connectivity index (χ1) is 14.6. The highest BCUT2D eigenvalue weighted by atomic mass is 16.2. The van der Waals surface area contributed by atoms with Crippen molar-refractivity contribution in [3.8, 4) is 0 Å². The number of nitrogens with one attached hydrogen (secondary N) is 2. The molecule has 0 unspecified atom stereocenters. The van der Waals surface area contributed by atoms with Gasteiger partial charge in [0.25, 0.3) is 5.56 Å². The van der Waals surface area contributed by atoms with Gasteiger partial charge in [-0.05, 0) is 91.6 Å². The highest BCUT2D eigenvalue weighted by Crippen LogP contribution is 2.29. The highest BCUT2D eigenvalue weighted by molar-refractivity contribution is 5.94. The van der Waals surface area contributed by atoms with Gasteiger partial charge < -0.3 is 20.1 Å². The first kappa shape index (κ1) is 24.9. The molecule has 1 aliphatic rings. The van der Waals surface area contributed by atoms with Gasteiger partial charge in [-0.25, -0.2) is 0 Å². The van der Waals surface area contributed by atoms with Gasteiger partial charge in [0.15, 0.2) is 0 Å². The van der Waals surface area contributed by atoms with E-state index in [9.17, 15) is 9.59 Å². The quantitative estimate of drug-likeness (QED) is 0.490. The van der Waals surface area contributed by atoms with Crippen molar-refractivity contribution in [2.45, 2.75) is 78.9 Å². The largest absolute Gasteiger partial charge is 0.369 e. The Morgan fingerprint density at radius 2 is 1.71 bits per heavy atom. The molecule has 1 amide bonds. The van der Waals surface area contributed by atoms with E-state index in [-0.39, 0.29) is 18.0 Å². The van der Waals surface area contributed by atoms with Crippen molar-refractivity contribution in [3.63, 3.8) is 0 Å². The average Bonchev–Trinajstić information content (AvgIpc) is 2.72. The van der Waals surface area contributed by atoms with Crippen LogP contribution in [0.25, 0.3) is 0 Å². The van der Waals surface area contributed by atoms with Gasteiger partial charge in [-0.1, -0.05) is 6.58 Å². The number of nitrogens with zero attached hydrogens (tertiary/aromatic N) is 2. The summed E-state index contributed by atoms with van der Waals surface area (Å²) in [6.45, 7) is 15.1. The lowest BCUT2D eigenvalue weighted by Gasteiger charge is -2.40. The molecule has 0 aliphatic heterocycles. The van der Waals surface area contributed by atoms with Crippen LogP contribution in [0.2, 0.25) is 0 Å². The zero-order valence-corrected chi connectivity index (χ0v) is 20.4. The third-order valence-corrected chi connectivity index (χ3v) is 6.78. The van der Waals surface area contributed by atoms with E-state index >= 15 is 0 Å². The summed E-state index contributed by atoms with van der Waals surface area (Å²) in [5, 5.41) is 2.91. The molecule has 2 rings (SSSR count). The summed E-state index contributed by atoms with van der Waals surface area (Å²) in [5.74, 6) is -0.162. The van der Waals surface area contributed by atoms with Crippen LogP contribution in [0.3, 0.4) is 0 Å². The van der Waals surface area contributed by atoms with Gasteiger partial charge in [-0.15, -0.1) is 0 Å². The Kier molecular flexibility index (Phi) is 8.69. The zero-order valence-electron chi connectivity index (χ0n) is 20.4. The van der Waals surface area contributed by atoms with Crippen LogP contribution < -0.4 is 10.9 Å². The van der Waals surface area contributed by atoms with Crippen molar-refractivity contribution in [1.29, 1.82) is 0 Å². The molecule has 2 N–H and O–H groups in total. The Labute approximate surface area is 187 Å². The van der Waals surface area contributed by atoms with E-state index in [2.05, 4.69) is 47.7 Å². The highest BCUT2D eigenvalue weighted by Gasteiger charge is 2.27. The van der Waals surface area contributed by atoms with Gasteiger partial charge in [0.1, 0.15) is 0 Å². The second-order valence-electron chi connectivity index (χ2n) is 9.03. The van der Waals surface area contributed by atoms with Gasteiger partial charge in [0.05, 0.1) is 0 Å². The van der Waals surface area contributed by atoms with Crippen LogP contribution in [-0.2, 0) is 11.3 Å². The van der Waals surface area contributed by atoms with E-state index in [1.54, 1.807) is 0 Å². The smallest absolute Gasteiger partial charge is 0.253 e. The molecule has 6 nitrogen and oxygen atoms in total. The molecular weight excluding hydrogens is 388 g/mol. The number of allylic oxidation sites excluding steroid dienone is 1. The van der Waals surface area contributed by atoms with Crippen LogP contribution in [0.1, 0.15) is 63.3 Å². The van der Waals surface area contributed by atoms with Crippen LogP contribution in [-0.4, -0.2) is 53.4 Å². The summed E-state index contributed by atoms with van der Waals surface area (Å²) in [7, 11) is 4.31. The van der Waals surface area contributed by atoms with E-state index in [0.717, 1.165) is 41.9 Å². The summed E-state index contributed by atoms with van der Waals surface area (Å²) in [5.41, 5.74) is 4.63. The lowest BCUT2D eigenvalue weighted by molar-refractivity contribution is -0.117. The number of pyridine rings is 1. The number of H-pyrrole nitrogens is 1. The van der Waals surface area contributed by atoms with Crippen molar-refractivity contribution in [1.82, 2.24) is 20.1 Å². The predicted octanol–water partition coefficient (Wildman–Crippen LogP) is 3.65. The Bertz CT molecular complexity index is 889. The summed E-state index contributed by atoms with van der Waals surface area (Å²) in [4.78, 5) is 32.5. The fraction of sp³-hybridized carbons (Fsp3) is 0.600. The molecule has 0 saturated heterocycles. The molecule has 6 heteroatoms. The summed E-state index contributed by atoms with van der Waals surface area (Å²) in [6.07, 6.45) is 4.66. The minimum Gasteiger partial charge on any atom is -0.369 e. The Hall–Kier alpha value is -2.34. The Balaban J connectivity index is 2.07. The van der Waals surface area contributed by atoms with E-state index in [1.807, 2.05) is 33.8 Å². The monoisotopic (exact) mass is 428 g/mol. The number of aromatic nitrogens is 1. The van der Waals surface area contributed by atoms with Gasteiger partial charge in [-0.2, -0.15) is 0 Å². The predicted molar refractivity (Wildman–Crippen MR) is 128 cm³/mol. The molecule has 1 fully saturated rings. The van der Waals surface area contributed by atoms with E-state index in [1.165, 1.54) is 12.8 Å². The Morgan fingerprint density at radius 1 is 1.13 bits per heavy atom. The molecule has 1 saturated carbocycles. The fourth-order valence-corrected chi connectivity index (χ4v) is 4.56. The molecule has 0 spiro atoms. The van der Waals surface area contributed by atoms with E-state index < -0.39 is 0 Å². The molecule has 1 aromatic heterocycles. The lowest BCUT2D eigenvalue weighted by Crippen LogP contribution is -2.42. The van der Waals surface area contributed by atoms with Crippen molar-refractivity contribution >= 4 is 5.91 Å². The number of aromatic amines is 1. The van der Waals surface area contributed by atoms with E-state index in [0.29, 0.717) is 23.2 Å². The number of rotatable bonds is 8. The van der Waals surface area contributed by atoms with Crippen LogP contribution in [0, 0.1) is 13.8 Å². The molecule has 31 heavy (non-hydrogen) atoms. The molecule has 0 radical (unpaired) electrons. The minimum absolute atomic E-state index is 0.147. The zero-order chi connectivity index (χ0) is 23.3. The number of amides is 1. The van der Waals surface area contributed by atoms with Gasteiger partial charge >= 0.3 is 0 Å². The first-order valence-electron chi connectivity index (χ1n) is 11.3. The van der Waals surface area contributed by atoms with Gasteiger partial charge in [0.2, 0.25) is 5.91 Å². The second kappa shape index (κ2) is 10.8.